The van der Waals surface area contributed by atoms with E-state index in [2.05, 4.69) is 23.8 Å². The zero-order valence-electron chi connectivity index (χ0n) is 12.7. The van der Waals surface area contributed by atoms with Crippen molar-refractivity contribution in [2.24, 2.45) is 0 Å². The SMILES string of the molecule is CCC(C)n1cc(C(=O)c2ccccc2)c2c(N)ncnc21. The maximum absolute atomic E-state index is 12.8. The van der Waals surface area contributed by atoms with Crippen LogP contribution in [0.3, 0.4) is 0 Å². The summed E-state index contributed by atoms with van der Waals surface area (Å²) in [4.78, 5) is 21.2. The Kier molecular flexibility index (Phi) is 3.63. The van der Waals surface area contributed by atoms with E-state index < -0.39 is 0 Å². The van der Waals surface area contributed by atoms with Gasteiger partial charge in [-0.15, -0.1) is 0 Å². The summed E-state index contributed by atoms with van der Waals surface area (Å²) in [5.74, 6) is 0.278. The number of rotatable bonds is 4. The summed E-state index contributed by atoms with van der Waals surface area (Å²) in [6.07, 6.45) is 4.22. The molecule has 3 aromatic rings. The molecule has 0 amide bonds. The van der Waals surface area contributed by atoms with Gasteiger partial charge in [0.25, 0.3) is 0 Å². The predicted molar refractivity (Wildman–Crippen MR) is 86.8 cm³/mol. The molecule has 0 spiro atoms. The van der Waals surface area contributed by atoms with E-state index in [0.717, 1.165) is 6.42 Å². The molecule has 0 fully saturated rings. The number of ketones is 1. The first-order chi connectivity index (χ1) is 10.6. The number of hydrogen-bond acceptors (Lipinski definition) is 4. The van der Waals surface area contributed by atoms with Crippen molar-refractivity contribution in [3.05, 3.63) is 54.0 Å². The average molecular weight is 294 g/mol. The Morgan fingerprint density at radius 2 is 2.00 bits per heavy atom. The number of nitrogens with two attached hydrogens (primary N) is 1. The molecule has 0 aliphatic heterocycles. The summed E-state index contributed by atoms with van der Waals surface area (Å²) < 4.78 is 2.00. The van der Waals surface area contributed by atoms with Crippen molar-refractivity contribution < 1.29 is 4.79 Å². The minimum Gasteiger partial charge on any atom is -0.383 e. The number of carbonyl (C=O) groups is 1. The van der Waals surface area contributed by atoms with Gasteiger partial charge in [-0.1, -0.05) is 37.3 Å². The number of carbonyl (C=O) groups excluding carboxylic acids is 1. The van der Waals surface area contributed by atoms with Gasteiger partial charge in [-0.05, 0) is 13.3 Å². The Bertz CT molecular complexity index is 823. The van der Waals surface area contributed by atoms with E-state index >= 15 is 0 Å². The Balaban J connectivity index is 2.24. The fraction of sp³-hybridized carbons (Fsp3) is 0.235. The van der Waals surface area contributed by atoms with Crippen LogP contribution in [0, 0.1) is 0 Å². The van der Waals surface area contributed by atoms with Gasteiger partial charge in [0.15, 0.2) is 5.78 Å². The highest BCUT2D eigenvalue weighted by Gasteiger charge is 2.21. The van der Waals surface area contributed by atoms with Crippen LogP contribution in [0.25, 0.3) is 11.0 Å². The molecule has 1 atom stereocenters. The third kappa shape index (κ3) is 2.24. The largest absolute Gasteiger partial charge is 0.383 e. The van der Waals surface area contributed by atoms with E-state index in [0.29, 0.717) is 28.0 Å². The van der Waals surface area contributed by atoms with Gasteiger partial charge in [-0.25, -0.2) is 9.97 Å². The van der Waals surface area contributed by atoms with Gasteiger partial charge in [-0.2, -0.15) is 0 Å². The number of benzene rings is 1. The first-order valence-corrected chi connectivity index (χ1v) is 7.34. The van der Waals surface area contributed by atoms with Crippen LogP contribution in [0.15, 0.2) is 42.9 Å². The number of hydrogen-bond donors (Lipinski definition) is 1. The van der Waals surface area contributed by atoms with Crippen molar-refractivity contribution >= 4 is 22.6 Å². The fourth-order valence-corrected chi connectivity index (χ4v) is 2.56. The lowest BCUT2D eigenvalue weighted by Crippen LogP contribution is -2.03. The topological polar surface area (TPSA) is 73.8 Å². The molecule has 0 radical (unpaired) electrons. The molecule has 1 unspecified atom stereocenters. The van der Waals surface area contributed by atoms with Crippen LogP contribution in [0.1, 0.15) is 42.2 Å². The van der Waals surface area contributed by atoms with E-state index in [1.54, 1.807) is 12.1 Å². The molecule has 5 nitrogen and oxygen atoms in total. The summed E-state index contributed by atoms with van der Waals surface area (Å²) in [7, 11) is 0. The van der Waals surface area contributed by atoms with Gasteiger partial charge in [0, 0.05) is 17.8 Å². The zero-order valence-corrected chi connectivity index (χ0v) is 12.7. The Morgan fingerprint density at radius 1 is 1.27 bits per heavy atom. The molecule has 0 saturated carbocycles. The molecule has 2 heterocycles. The highest BCUT2D eigenvalue weighted by atomic mass is 16.1. The van der Waals surface area contributed by atoms with Crippen LogP contribution in [0.4, 0.5) is 5.82 Å². The first-order valence-electron chi connectivity index (χ1n) is 7.34. The Morgan fingerprint density at radius 3 is 2.68 bits per heavy atom. The summed E-state index contributed by atoms with van der Waals surface area (Å²) >= 11 is 0. The number of aromatic nitrogens is 3. The summed E-state index contributed by atoms with van der Waals surface area (Å²) in [5.41, 5.74) is 7.91. The molecule has 112 valence electrons. The third-order valence-electron chi connectivity index (χ3n) is 3.98. The second-order valence-corrected chi connectivity index (χ2v) is 5.36. The van der Waals surface area contributed by atoms with Crippen molar-refractivity contribution in [2.75, 3.05) is 5.73 Å². The normalized spacial score (nSPS) is 12.5. The van der Waals surface area contributed by atoms with Gasteiger partial charge in [0.1, 0.15) is 17.8 Å². The maximum atomic E-state index is 12.8. The quantitative estimate of drug-likeness (QED) is 0.750. The lowest BCUT2D eigenvalue weighted by atomic mass is 10.0. The highest BCUT2D eigenvalue weighted by molar-refractivity contribution is 6.17. The smallest absolute Gasteiger partial charge is 0.195 e. The summed E-state index contributed by atoms with van der Waals surface area (Å²) in [6, 6.07) is 9.41. The molecule has 22 heavy (non-hydrogen) atoms. The van der Waals surface area contributed by atoms with Crippen LogP contribution in [-0.2, 0) is 0 Å². The molecule has 0 bridgehead atoms. The molecule has 1 aromatic carbocycles. The molecule has 5 heteroatoms. The number of anilines is 1. The molecular weight excluding hydrogens is 276 g/mol. The van der Waals surface area contributed by atoms with Crippen molar-refractivity contribution in [1.82, 2.24) is 14.5 Å². The first kappa shape index (κ1) is 14.3. The number of fused-ring (bicyclic) bond motifs is 1. The van der Waals surface area contributed by atoms with Crippen LogP contribution >= 0.6 is 0 Å². The van der Waals surface area contributed by atoms with Crippen LogP contribution < -0.4 is 5.73 Å². The minimum absolute atomic E-state index is 0.0610. The standard InChI is InChI=1S/C17H18N4O/c1-3-11(2)21-9-13(14-16(18)19-10-20-17(14)21)15(22)12-7-5-4-6-8-12/h4-11H,3H2,1-2H3,(H2,18,19,20). The Hall–Kier alpha value is -2.69. The summed E-state index contributed by atoms with van der Waals surface area (Å²) in [6.45, 7) is 4.19. The fourth-order valence-electron chi connectivity index (χ4n) is 2.56. The maximum Gasteiger partial charge on any atom is 0.195 e. The number of nitrogen functional groups attached to an aromatic ring is 1. The second kappa shape index (κ2) is 5.60. The van der Waals surface area contributed by atoms with Crippen molar-refractivity contribution in [2.45, 2.75) is 26.3 Å². The lowest BCUT2D eigenvalue weighted by Gasteiger charge is -2.11. The van der Waals surface area contributed by atoms with E-state index in [1.165, 1.54) is 6.33 Å². The Labute approximate surface area is 128 Å². The van der Waals surface area contributed by atoms with E-state index in [-0.39, 0.29) is 11.8 Å². The van der Waals surface area contributed by atoms with Crippen LogP contribution in [-0.4, -0.2) is 20.3 Å². The number of nitrogens with zero attached hydrogens (tertiary/aromatic N) is 3. The van der Waals surface area contributed by atoms with Crippen molar-refractivity contribution in [1.29, 1.82) is 0 Å². The van der Waals surface area contributed by atoms with Crippen LogP contribution in [0.5, 0.6) is 0 Å². The molecule has 2 N–H and O–H groups in total. The van der Waals surface area contributed by atoms with Gasteiger partial charge >= 0.3 is 0 Å². The zero-order chi connectivity index (χ0) is 15.7. The van der Waals surface area contributed by atoms with E-state index in [1.807, 2.05) is 29.0 Å². The molecule has 0 aliphatic rings. The minimum atomic E-state index is -0.0610. The molecule has 0 aliphatic carbocycles. The lowest BCUT2D eigenvalue weighted by molar-refractivity contribution is 0.104. The predicted octanol–water partition coefficient (Wildman–Crippen LogP) is 3.22. The van der Waals surface area contributed by atoms with Crippen molar-refractivity contribution in [3.8, 4) is 0 Å². The monoisotopic (exact) mass is 294 g/mol. The molecule has 2 aromatic heterocycles. The van der Waals surface area contributed by atoms with E-state index in [9.17, 15) is 4.79 Å². The van der Waals surface area contributed by atoms with Gasteiger partial charge in [0.05, 0.1) is 10.9 Å². The van der Waals surface area contributed by atoms with Crippen LogP contribution in [0.2, 0.25) is 0 Å². The van der Waals surface area contributed by atoms with Gasteiger partial charge in [-0.3, -0.25) is 4.79 Å². The molecular formula is C17H18N4O. The average Bonchev–Trinajstić information content (AvgIpc) is 2.95. The summed E-state index contributed by atoms with van der Waals surface area (Å²) in [5, 5.41) is 0.636. The highest BCUT2D eigenvalue weighted by Crippen LogP contribution is 2.29. The second-order valence-electron chi connectivity index (χ2n) is 5.36. The molecule has 0 saturated heterocycles. The van der Waals surface area contributed by atoms with Gasteiger partial charge in [0.2, 0.25) is 0 Å². The molecule has 3 rings (SSSR count). The third-order valence-corrected chi connectivity index (χ3v) is 3.98. The van der Waals surface area contributed by atoms with E-state index in [4.69, 9.17) is 5.73 Å². The van der Waals surface area contributed by atoms with Gasteiger partial charge < -0.3 is 10.3 Å². The van der Waals surface area contributed by atoms with Crippen molar-refractivity contribution in [3.63, 3.8) is 0 Å².